The van der Waals surface area contributed by atoms with Crippen LogP contribution in [0.1, 0.15) is 19.6 Å². The molecule has 0 fully saturated rings. The third-order valence-electron chi connectivity index (χ3n) is 2.11. The number of anilines is 1. The summed E-state index contributed by atoms with van der Waals surface area (Å²) < 4.78 is 5.61. The summed E-state index contributed by atoms with van der Waals surface area (Å²) in [5.74, 6) is 1.93. The Kier molecular flexibility index (Phi) is 3.83. The Morgan fingerprint density at radius 2 is 2.00 bits per heavy atom. The van der Waals surface area contributed by atoms with Gasteiger partial charge in [-0.3, -0.25) is 0 Å². The predicted octanol–water partition coefficient (Wildman–Crippen LogP) is 1.63. The van der Waals surface area contributed by atoms with E-state index in [1.165, 1.54) is 0 Å². The quantitative estimate of drug-likeness (QED) is 0.752. The van der Waals surface area contributed by atoms with E-state index in [2.05, 4.69) is 18.7 Å². The second-order valence-electron chi connectivity index (χ2n) is 2.95. The van der Waals surface area contributed by atoms with E-state index in [-0.39, 0.29) is 0 Å². The smallest absolute Gasteiger partial charge is 0.195 e. The molecule has 2 N–H and O–H groups in total. The molecule has 1 rings (SSSR count). The summed E-state index contributed by atoms with van der Waals surface area (Å²) >= 11 is 0. The molecule has 0 aliphatic rings. The number of nitrogens with two attached hydrogens (primary N) is 1. The van der Waals surface area contributed by atoms with Crippen molar-refractivity contribution in [2.75, 3.05) is 24.5 Å². The van der Waals surface area contributed by atoms with Crippen LogP contribution in [-0.4, -0.2) is 19.6 Å². The molecule has 74 valence electrons. The van der Waals surface area contributed by atoms with Gasteiger partial charge >= 0.3 is 0 Å². The lowest BCUT2D eigenvalue weighted by Gasteiger charge is -2.16. The maximum Gasteiger partial charge on any atom is 0.195 e. The second-order valence-corrected chi connectivity index (χ2v) is 2.95. The topological polar surface area (TPSA) is 42.4 Å². The van der Waals surface area contributed by atoms with Gasteiger partial charge in [-0.15, -0.1) is 0 Å². The molecular formula is C10H18N2O. The monoisotopic (exact) mass is 182 g/mol. The van der Waals surface area contributed by atoms with Crippen molar-refractivity contribution in [3.05, 3.63) is 17.9 Å². The summed E-state index contributed by atoms with van der Waals surface area (Å²) in [4.78, 5) is 2.18. The van der Waals surface area contributed by atoms with Gasteiger partial charge in [0.1, 0.15) is 5.76 Å². The van der Waals surface area contributed by atoms with Crippen LogP contribution in [-0.2, 0) is 6.42 Å². The lowest BCUT2D eigenvalue weighted by atomic mass is 10.3. The zero-order valence-corrected chi connectivity index (χ0v) is 8.42. The van der Waals surface area contributed by atoms with Crippen molar-refractivity contribution in [3.63, 3.8) is 0 Å². The Bertz CT molecular complexity index is 241. The fraction of sp³-hybridized carbons (Fsp3) is 0.600. The highest BCUT2D eigenvalue weighted by molar-refractivity contribution is 5.35. The van der Waals surface area contributed by atoms with Gasteiger partial charge in [0.05, 0.1) is 0 Å². The molecule has 0 aliphatic carbocycles. The molecule has 13 heavy (non-hydrogen) atoms. The number of hydrogen-bond donors (Lipinski definition) is 1. The van der Waals surface area contributed by atoms with Crippen LogP contribution >= 0.6 is 0 Å². The molecule has 0 amide bonds. The van der Waals surface area contributed by atoms with Gasteiger partial charge < -0.3 is 15.1 Å². The Morgan fingerprint density at radius 3 is 2.54 bits per heavy atom. The average Bonchev–Trinajstić information content (AvgIpc) is 2.56. The van der Waals surface area contributed by atoms with Crippen LogP contribution in [0.25, 0.3) is 0 Å². The minimum absolute atomic E-state index is 0.644. The first kappa shape index (κ1) is 10.1. The average molecular weight is 182 g/mol. The highest BCUT2D eigenvalue weighted by atomic mass is 16.4. The van der Waals surface area contributed by atoms with E-state index in [0.717, 1.165) is 31.2 Å². The summed E-state index contributed by atoms with van der Waals surface area (Å²) in [7, 11) is 0. The van der Waals surface area contributed by atoms with E-state index in [9.17, 15) is 0 Å². The van der Waals surface area contributed by atoms with Crippen molar-refractivity contribution < 1.29 is 4.42 Å². The Hall–Kier alpha value is -0.960. The summed E-state index contributed by atoms with van der Waals surface area (Å²) in [5, 5.41) is 0. The van der Waals surface area contributed by atoms with Crippen molar-refractivity contribution in [1.29, 1.82) is 0 Å². The van der Waals surface area contributed by atoms with E-state index in [4.69, 9.17) is 10.2 Å². The van der Waals surface area contributed by atoms with Crippen LogP contribution in [0.3, 0.4) is 0 Å². The van der Waals surface area contributed by atoms with Crippen LogP contribution in [0.5, 0.6) is 0 Å². The first-order chi connectivity index (χ1) is 6.31. The van der Waals surface area contributed by atoms with Crippen molar-refractivity contribution in [1.82, 2.24) is 0 Å². The van der Waals surface area contributed by atoms with Gasteiger partial charge in [0.25, 0.3) is 0 Å². The first-order valence-electron chi connectivity index (χ1n) is 4.85. The van der Waals surface area contributed by atoms with Gasteiger partial charge in [0.15, 0.2) is 5.88 Å². The van der Waals surface area contributed by atoms with Gasteiger partial charge in [-0.05, 0) is 26.5 Å². The molecule has 0 aliphatic heterocycles. The van der Waals surface area contributed by atoms with Crippen molar-refractivity contribution in [2.45, 2.75) is 20.3 Å². The van der Waals surface area contributed by atoms with Gasteiger partial charge in [0.2, 0.25) is 0 Å². The molecule has 0 spiro atoms. The minimum Gasteiger partial charge on any atom is -0.446 e. The van der Waals surface area contributed by atoms with Gasteiger partial charge in [-0.2, -0.15) is 0 Å². The molecule has 0 saturated heterocycles. The molecule has 0 aromatic carbocycles. The van der Waals surface area contributed by atoms with Crippen LogP contribution < -0.4 is 10.6 Å². The highest BCUT2D eigenvalue weighted by Gasteiger charge is 2.06. The van der Waals surface area contributed by atoms with E-state index in [1.54, 1.807) is 0 Å². The third-order valence-corrected chi connectivity index (χ3v) is 2.11. The van der Waals surface area contributed by atoms with Crippen LogP contribution in [0.2, 0.25) is 0 Å². The molecule has 3 nitrogen and oxygen atoms in total. The number of hydrogen-bond acceptors (Lipinski definition) is 3. The van der Waals surface area contributed by atoms with E-state index >= 15 is 0 Å². The molecule has 1 heterocycles. The maximum absolute atomic E-state index is 5.61. The summed E-state index contributed by atoms with van der Waals surface area (Å²) in [6.07, 6.45) is 0.821. The van der Waals surface area contributed by atoms with Crippen molar-refractivity contribution in [3.8, 4) is 0 Å². The predicted molar refractivity (Wildman–Crippen MR) is 55.0 cm³/mol. The van der Waals surface area contributed by atoms with Gasteiger partial charge in [-0.1, -0.05) is 0 Å². The molecule has 1 aromatic heterocycles. The lowest BCUT2D eigenvalue weighted by molar-refractivity contribution is 0.501. The fourth-order valence-electron chi connectivity index (χ4n) is 1.35. The van der Waals surface area contributed by atoms with Crippen molar-refractivity contribution >= 4 is 5.88 Å². The molecule has 0 bridgehead atoms. The second kappa shape index (κ2) is 4.92. The zero-order valence-electron chi connectivity index (χ0n) is 8.42. The summed E-state index contributed by atoms with van der Waals surface area (Å²) in [5.41, 5.74) is 5.44. The summed E-state index contributed by atoms with van der Waals surface area (Å²) in [6, 6.07) is 4.01. The van der Waals surface area contributed by atoms with Gasteiger partial charge in [0, 0.05) is 25.6 Å². The molecular weight excluding hydrogens is 164 g/mol. The Balaban J connectivity index is 2.66. The molecule has 0 atom stereocenters. The summed E-state index contributed by atoms with van der Waals surface area (Å²) in [6.45, 7) is 6.84. The van der Waals surface area contributed by atoms with Crippen LogP contribution in [0.15, 0.2) is 16.5 Å². The number of rotatable bonds is 5. The number of nitrogens with zero attached hydrogens (tertiary/aromatic N) is 1. The van der Waals surface area contributed by atoms with E-state index < -0.39 is 0 Å². The largest absolute Gasteiger partial charge is 0.446 e. The molecule has 3 heteroatoms. The highest BCUT2D eigenvalue weighted by Crippen LogP contribution is 2.18. The molecule has 0 radical (unpaired) electrons. The van der Waals surface area contributed by atoms with Crippen LogP contribution in [0.4, 0.5) is 5.88 Å². The fourth-order valence-corrected chi connectivity index (χ4v) is 1.35. The van der Waals surface area contributed by atoms with Crippen molar-refractivity contribution in [2.24, 2.45) is 5.73 Å². The zero-order chi connectivity index (χ0) is 9.68. The minimum atomic E-state index is 0.644. The number of furan rings is 1. The maximum atomic E-state index is 5.61. The third kappa shape index (κ3) is 2.49. The Labute approximate surface area is 79.5 Å². The molecule has 1 aromatic rings. The normalized spacial score (nSPS) is 10.4. The first-order valence-corrected chi connectivity index (χ1v) is 4.85. The SMILES string of the molecule is CCN(CC)c1ccc(CCN)o1. The molecule has 0 saturated carbocycles. The van der Waals surface area contributed by atoms with E-state index in [0.29, 0.717) is 6.54 Å². The molecule has 0 unspecified atom stereocenters. The van der Waals surface area contributed by atoms with Gasteiger partial charge in [-0.25, -0.2) is 0 Å². The lowest BCUT2D eigenvalue weighted by Crippen LogP contribution is -2.20. The van der Waals surface area contributed by atoms with Crippen LogP contribution in [0, 0.1) is 0 Å². The Morgan fingerprint density at radius 1 is 1.31 bits per heavy atom. The standard InChI is InChI=1S/C10H18N2O/c1-3-12(4-2)10-6-5-9(13-10)7-8-11/h5-6H,3-4,7-8,11H2,1-2H3. The van der Waals surface area contributed by atoms with E-state index in [1.807, 2.05) is 12.1 Å².